The quantitative estimate of drug-likeness (QED) is 0.642. The van der Waals surface area contributed by atoms with Gasteiger partial charge in [-0.15, -0.1) is 0 Å². The monoisotopic (exact) mass is 396 g/mol. The van der Waals surface area contributed by atoms with Gasteiger partial charge in [0.1, 0.15) is 5.75 Å². The predicted molar refractivity (Wildman–Crippen MR) is 97.7 cm³/mol. The molecule has 1 aromatic rings. The number of hydrogen-bond donors (Lipinski definition) is 2. The highest BCUT2D eigenvalue weighted by molar-refractivity contribution is 7.91. The fraction of sp³-hybridized carbons (Fsp3) is 0.588. The van der Waals surface area contributed by atoms with E-state index in [1.165, 1.54) is 0 Å². The highest BCUT2D eigenvalue weighted by atomic mass is 32.2. The smallest absolute Gasteiger partial charge is 0.255 e. The third-order valence-electron chi connectivity index (χ3n) is 2.58. The molecule has 7 nitrogen and oxygen atoms in total. The maximum atomic E-state index is 14.0. The number of nitrogen functional groups attached to an aromatic ring is 1. The van der Waals surface area contributed by atoms with Crippen molar-refractivity contribution in [1.29, 1.82) is 0 Å². The molecular formula is C17H27N3O4S. The molecular weight excluding hydrogens is 342 g/mol. The van der Waals surface area contributed by atoms with Crippen LogP contribution in [0.2, 0.25) is 4.24 Å². The van der Waals surface area contributed by atoms with E-state index in [2.05, 4.69) is 4.74 Å². The fourth-order valence-electron chi connectivity index (χ4n) is 1.51. The minimum atomic E-state index is -6.38. The van der Waals surface area contributed by atoms with Crippen LogP contribution in [0.15, 0.2) is 17.0 Å². The van der Waals surface area contributed by atoms with Gasteiger partial charge in [0.2, 0.25) is 0 Å². The van der Waals surface area contributed by atoms with E-state index in [4.69, 9.17) is 37.1 Å². The Bertz CT molecular complexity index is 1720. The number of methoxy groups -OCH3 is 1. The van der Waals surface area contributed by atoms with Gasteiger partial charge in [0.15, 0.2) is 14.1 Å². The number of anilines is 1. The Morgan fingerprint density at radius 1 is 1.72 bits per heavy atom. The lowest BCUT2D eigenvalue weighted by Gasteiger charge is -2.23. The molecule has 8 heteroatoms. The van der Waals surface area contributed by atoms with E-state index in [0.717, 1.165) is 0 Å². The normalized spacial score (nSPS) is 46.2. The molecule has 2 rings (SSSR count). The molecule has 0 radical (unpaired) electrons. The molecule has 0 bridgehead atoms. The number of likely N-dealkylation sites (N-methyl/N-ethyl adjacent to an activating group) is 1. The number of amides is 1. The van der Waals surface area contributed by atoms with Crippen LogP contribution in [0.5, 0.6) is 5.75 Å². The molecule has 0 spiro atoms. The van der Waals surface area contributed by atoms with Crippen molar-refractivity contribution in [2.45, 2.75) is 37.4 Å². The van der Waals surface area contributed by atoms with Crippen molar-refractivity contribution >= 4 is 21.4 Å². The lowest BCUT2D eigenvalue weighted by molar-refractivity contribution is 0.0938. The molecule has 25 heavy (non-hydrogen) atoms. The van der Waals surface area contributed by atoms with Crippen LogP contribution in [0.25, 0.3) is 0 Å². The fourth-order valence-corrected chi connectivity index (χ4v) is 2.15. The van der Waals surface area contributed by atoms with Gasteiger partial charge >= 0.3 is 0 Å². The number of benzene rings is 1. The van der Waals surface area contributed by atoms with Crippen molar-refractivity contribution < 1.29 is 55.1 Å². The van der Waals surface area contributed by atoms with Crippen molar-refractivity contribution in [3.8, 4) is 5.75 Å². The highest BCUT2D eigenvalue weighted by Crippen LogP contribution is 2.29. The highest BCUT2D eigenvalue weighted by Gasteiger charge is 2.25. The van der Waals surface area contributed by atoms with E-state index in [9.17, 15) is 13.2 Å². The zero-order chi connectivity index (χ0) is 42.0. The van der Waals surface area contributed by atoms with Gasteiger partial charge in [-0.05, 0) is 31.8 Å². The number of nitrogens with two attached hydrogens (primary N) is 1. The van der Waals surface area contributed by atoms with Crippen molar-refractivity contribution in [2.75, 3.05) is 38.0 Å². The summed E-state index contributed by atoms with van der Waals surface area (Å²) in [6.07, 6.45) is -8.80. The first-order valence-electron chi connectivity index (χ1n) is 19.3. The number of nitrogens with one attached hydrogen (secondary N) is 1. The molecule has 1 unspecified atom stereocenters. The lowest BCUT2D eigenvalue weighted by atomic mass is 10.1. The molecule has 3 N–H and O–H groups in total. The second-order valence-electron chi connectivity index (χ2n) is 4.03. The van der Waals surface area contributed by atoms with Gasteiger partial charge in [-0.1, -0.05) is 13.7 Å². The van der Waals surface area contributed by atoms with Gasteiger partial charge in [0.25, 0.3) is 5.91 Å². The first-order chi connectivity index (χ1) is 22.4. The molecule has 1 aliphatic rings. The van der Waals surface area contributed by atoms with Crippen LogP contribution in [0.1, 0.15) is 69.7 Å². The summed E-state index contributed by atoms with van der Waals surface area (Å²) >= 11 is 0. The van der Waals surface area contributed by atoms with Gasteiger partial charge in [0, 0.05) is 41.9 Å². The number of likely N-dealkylation sites (tertiary alicyclic amines) is 1. The molecule has 1 amide bonds. The van der Waals surface area contributed by atoms with Gasteiger partial charge in [-0.2, -0.15) is 0 Å². The average molecular weight is 397 g/mol. The third kappa shape index (κ3) is 4.24. The van der Waals surface area contributed by atoms with Crippen LogP contribution in [0, 0.1) is 0 Å². The molecule has 1 fully saturated rings. The van der Waals surface area contributed by atoms with Crippen LogP contribution >= 0.6 is 0 Å². The number of sulfone groups is 1. The summed E-state index contributed by atoms with van der Waals surface area (Å²) in [5.41, 5.74) is -9.34. The number of rotatable bonds is 8. The number of ether oxygens (including phenoxy) is 1. The predicted octanol–water partition coefficient (Wildman–Crippen LogP) is 1.29. The van der Waals surface area contributed by atoms with Gasteiger partial charge < -0.3 is 15.8 Å². The maximum Gasteiger partial charge on any atom is 0.255 e. The van der Waals surface area contributed by atoms with E-state index >= 15 is 0 Å². The van der Waals surface area contributed by atoms with E-state index in [1.807, 2.05) is 0 Å². The summed E-state index contributed by atoms with van der Waals surface area (Å²) in [5, 5.41) is -1.33. The van der Waals surface area contributed by atoms with Gasteiger partial charge in [0.05, 0.1) is 38.5 Å². The Morgan fingerprint density at radius 2 is 2.60 bits per heavy atom. The van der Waals surface area contributed by atoms with Crippen molar-refractivity contribution in [2.24, 2.45) is 0 Å². The Hall–Kier alpha value is -1.80. The minimum Gasteiger partial charge on any atom is -0.496 e. The molecule has 1 heterocycles. The van der Waals surface area contributed by atoms with Crippen LogP contribution in [0.4, 0.5) is 5.69 Å². The second kappa shape index (κ2) is 8.05. The minimum absolute atomic E-state index is 0.869. The Balaban J connectivity index is 3.26. The summed E-state index contributed by atoms with van der Waals surface area (Å²) in [5.74, 6) is -4.61. The molecule has 1 aliphatic heterocycles. The average Bonchev–Trinajstić information content (AvgIpc) is 2.99. The van der Waals surface area contributed by atoms with Crippen LogP contribution in [-0.2, 0) is 9.84 Å². The summed E-state index contributed by atoms with van der Waals surface area (Å²) in [6.45, 7) is -21.9. The maximum absolute atomic E-state index is 14.0. The molecule has 1 saturated heterocycles. The molecule has 0 aliphatic carbocycles. The summed E-state index contributed by atoms with van der Waals surface area (Å²) in [7, 11) is -10.2. The number of carbonyl (C=O) groups is 1. The first-order valence-corrected chi connectivity index (χ1v) is 7.43. The Morgan fingerprint density at radius 3 is 3.32 bits per heavy atom. The summed E-state index contributed by atoms with van der Waals surface area (Å²) in [6, 6.07) is -8.83. The molecule has 1 atom stereocenters. The summed E-state index contributed by atoms with van der Waals surface area (Å²) < 4.78 is 245. The summed E-state index contributed by atoms with van der Waals surface area (Å²) in [4.78, 5) is 10.7. The standard InChI is InChI=1S/C17H27N3O4S/c1-4-20-8-6-7-12(20)11-19-17(21)13-9-16(25(22,23)5-2)14(18)10-15(13)24-3/h9-10,12H,4-8,11,18H2,1-3H3,(H,19,21)/i1D3,2D3,3D3,4D2,5D2,6D2,7D2,8D2,9D,10D,11D2,12D/hD3. The Labute approximate surface area is 187 Å². The van der Waals surface area contributed by atoms with Crippen molar-refractivity contribution in [3.05, 3.63) is 17.6 Å². The van der Waals surface area contributed by atoms with Crippen LogP contribution in [0.3, 0.4) is 0 Å². The SMILES string of the molecule is [2H]c1c(OC([2H])([2H])[2H])c(C(=O)N([2H])C([2H])([2H])C2([2H])N(C([2H])([2H])C([2H])([2H])[2H])C([2H])([2H])C([2H])([2H])C2([2H])[2H])c([2H])c(S(=O)(=O)C([2H])([2H])C([2H])([2H])[2H])c1N([2H])[2H]. The molecule has 1 aromatic carbocycles. The van der Waals surface area contributed by atoms with Crippen LogP contribution in [-0.4, -0.2) is 57.5 Å². The third-order valence-corrected chi connectivity index (χ3v) is 3.68. The zero-order valence-electron chi connectivity index (χ0n) is 38.9. The second-order valence-corrected chi connectivity index (χ2v) is 5.65. The van der Waals surface area contributed by atoms with E-state index in [0.29, 0.717) is 0 Å². The van der Waals surface area contributed by atoms with Gasteiger partial charge in [-0.25, -0.2) is 8.42 Å². The largest absolute Gasteiger partial charge is 0.496 e. The number of hydrogen-bond acceptors (Lipinski definition) is 6. The van der Waals surface area contributed by atoms with Crippen molar-refractivity contribution in [3.63, 3.8) is 0 Å². The lowest BCUT2D eigenvalue weighted by Crippen LogP contribution is -2.40. The van der Waals surface area contributed by atoms with E-state index in [-0.39, 0.29) is 0 Å². The van der Waals surface area contributed by atoms with Gasteiger partial charge in [-0.3, -0.25) is 9.69 Å². The topological polar surface area (TPSA) is 102 Å². The Kier molecular flexibility index (Phi) is 1.40. The van der Waals surface area contributed by atoms with E-state index in [1.54, 1.807) is 0 Å². The number of carbonyl (C=O) groups excluding carboxylic acids is 1. The zero-order valence-corrected chi connectivity index (χ0v) is 12.7. The molecule has 0 saturated carbocycles. The van der Waals surface area contributed by atoms with Crippen LogP contribution < -0.4 is 15.8 Å². The first kappa shape index (κ1) is 4.36. The molecule has 140 valence electrons. The molecule has 0 aromatic heterocycles. The van der Waals surface area contributed by atoms with Crippen molar-refractivity contribution in [1.82, 2.24) is 10.2 Å². The van der Waals surface area contributed by atoms with E-state index < -0.39 is 130 Å². The number of nitrogens with zero attached hydrogens (tertiary/aromatic N) is 1.